The minimum atomic E-state index is -0.836. The zero-order valence-corrected chi connectivity index (χ0v) is 11.6. The number of hydrogen-bond acceptors (Lipinski definition) is 5. The number of carbonyl (C=O) groups excluding carboxylic acids is 2. The molecule has 22 heavy (non-hydrogen) atoms. The van der Waals surface area contributed by atoms with E-state index < -0.39 is 28.7 Å². The van der Waals surface area contributed by atoms with Crippen molar-refractivity contribution < 1.29 is 18.9 Å². The maximum absolute atomic E-state index is 11.9. The molecule has 1 heterocycles. The van der Waals surface area contributed by atoms with Gasteiger partial charge in [-0.1, -0.05) is 18.2 Å². The molecule has 0 aliphatic heterocycles. The molecule has 2 rings (SSSR count). The van der Waals surface area contributed by atoms with Crippen LogP contribution in [0.4, 0.5) is 11.6 Å². The van der Waals surface area contributed by atoms with Gasteiger partial charge in [-0.25, -0.2) is 0 Å². The van der Waals surface area contributed by atoms with Crippen molar-refractivity contribution in [3.05, 3.63) is 58.3 Å². The number of hydrogen-bond donors (Lipinski definition) is 2. The highest BCUT2D eigenvalue weighted by molar-refractivity contribution is 5.99. The van der Waals surface area contributed by atoms with Crippen LogP contribution in [0.1, 0.15) is 17.5 Å². The lowest BCUT2D eigenvalue weighted by Crippen LogP contribution is -2.41. The van der Waals surface area contributed by atoms with E-state index in [1.54, 1.807) is 24.3 Å². The summed E-state index contributed by atoms with van der Waals surface area (Å²) in [7, 11) is 0. The van der Waals surface area contributed by atoms with Crippen molar-refractivity contribution in [3.63, 3.8) is 0 Å². The summed E-state index contributed by atoms with van der Waals surface area (Å²) in [6.45, 7) is 1.49. The van der Waals surface area contributed by atoms with Gasteiger partial charge < -0.3 is 15.1 Å². The molecule has 2 amide bonds. The summed E-state index contributed by atoms with van der Waals surface area (Å²) in [5.74, 6) is -1.89. The Labute approximate surface area is 125 Å². The second kappa shape index (κ2) is 6.53. The lowest BCUT2D eigenvalue weighted by molar-refractivity contribution is -0.402. The summed E-state index contributed by atoms with van der Waals surface area (Å²) >= 11 is 0. The van der Waals surface area contributed by atoms with Crippen LogP contribution in [0, 0.1) is 10.1 Å². The third kappa shape index (κ3) is 3.69. The molecule has 8 nitrogen and oxygen atoms in total. The normalized spacial score (nSPS) is 11.5. The summed E-state index contributed by atoms with van der Waals surface area (Å²) in [4.78, 5) is 33.5. The van der Waals surface area contributed by atoms with Crippen molar-refractivity contribution in [2.75, 3.05) is 5.32 Å². The molecule has 1 unspecified atom stereocenters. The Morgan fingerprint density at radius 2 is 1.86 bits per heavy atom. The van der Waals surface area contributed by atoms with Gasteiger partial charge in [-0.3, -0.25) is 19.7 Å². The lowest BCUT2D eigenvalue weighted by Gasteiger charge is -2.13. The standard InChI is InChI=1S/C14H13N3O5/c1-9(13(18)16-10-5-3-2-4-6-10)15-14(19)11-7-8-12(22-11)17(20)21/h2-9H,1H3,(H,15,19)(H,16,18). The average Bonchev–Trinajstić information content (AvgIpc) is 2.98. The molecule has 2 N–H and O–H groups in total. The Morgan fingerprint density at radius 1 is 1.18 bits per heavy atom. The van der Waals surface area contributed by atoms with Crippen LogP contribution in [-0.2, 0) is 4.79 Å². The quantitative estimate of drug-likeness (QED) is 0.647. The molecule has 0 spiro atoms. The maximum Gasteiger partial charge on any atom is 0.433 e. The van der Waals surface area contributed by atoms with Gasteiger partial charge in [0.05, 0.1) is 6.07 Å². The first-order chi connectivity index (χ1) is 10.5. The van der Waals surface area contributed by atoms with Crippen LogP contribution in [0.2, 0.25) is 0 Å². The number of nitrogens with zero attached hydrogens (tertiary/aromatic N) is 1. The molecule has 2 aromatic rings. The van der Waals surface area contributed by atoms with Crippen LogP contribution in [0.5, 0.6) is 0 Å². The molecule has 1 aromatic heterocycles. The molecular weight excluding hydrogens is 290 g/mol. The largest absolute Gasteiger partial charge is 0.433 e. The summed E-state index contributed by atoms with van der Waals surface area (Å²) in [6, 6.07) is 10.2. The number of benzene rings is 1. The summed E-state index contributed by atoms with van der Waals surface area (Å²) in [5, 5.41) is 15.5. The van der Waals surface area contributed by atoms with Crippen molar-refractivity contribution in [3.8, 4) is 0 Å². The number of furan rings is 1. The number of anilines is 1. The van der Waals surface area contributed by atoms with Gasteiger partial charge in [0.25, 0.3) is 5.91 Å². The number of rotatable bonds is 5. The zero-order valence-electron chi connectivity index (χ0n) is 11.6. The highest BCUT2D eigenvalue weighted by Crippen LogP contribution is 2.15. The third-order valence-corrected chi connectivity index (χ3v) is 2.78. The molecule has 0 aliphatic carbocycles. The first kappa shape index (κ1) is 15.2. The third-order valence-electron chi connectivity index (χ3n) is 2.78. The summed E-state index contributed by atoms with van der Waals surface area (Å²) in [5.41, 5.74) is 0.599. The predicted molar refractivity (Wildman–Crippen MR) is 77.4 cm³/mol. The Bertz CT molecular complexity index is 696. The van der Waals surface area contributed by atoms with Crippen LogP contribution in [-0.4, -0.2) is 22.8 Å². The Kier molecular flexibility index (Phi) is 4.52. The van der Waals surface area contributed by atoms with Gasteiger partial charge in [0.1, 0.15) is 11.0 Å². The monoisotopic (exact) mass is 303 g/mol. The molecule has 0 bridgehead atoms. The molecule has 8 heteroatoms. The zero-order chi connectivity index (χ0) is 16.1. The number of carbonyl (C=O) groups is 2. The first-order valence-corrected chi connectivity index (χ1v) is 6.38. The summed E-state index contributed by atoms with van der Waals surface area (Å²) in [6.07, 6.45) is 0. The molecule has 0 saturated heterocycles. The number of amides is 2. The van der Waals surface area contributed by atoms with Crippen molar-refractivity contribution in [1.82, 2.24) is 5.32 Å². The van der Waals surface area contributed by atoms with E-state index in [-0.39, 0.29) is 5.76 Å². The second-order valence-electron chi connectivity index (χ2n) is 4.45. The van der Waals surface area contributed by atoms with Gasteiger partial charge in [0, 0.05) is 5.69 Å². The van der Waals surface area contributed by atoms with E-state index in [2.05, 4.69) is 10.6 Å². The van der Waals surface area contributed by atoms with Gasteiger partial charge in [-0.15, -0.1) is 0 Å². The maximum atomic E-state index is 11.9. The molecule has 1 atom stereocenters. The topological polar surface area (TPSA) is 114 Å². The Morgan fingerprint density at radius 3 is 2.45 bits per heavy atom. The highest BCUT2D eigenvalue weighted by atomic mass is 16.6. The van der Waals surface area contributed by atoms with E-state index in [1.165, 1.54) is 13.0 Å². The summed E-state index contributed by atoms with van der Waals surface area (Å²) < 4.78 is 4.76. The number of nitrogens with one attached hydrogen (secondary N) is 2. The van der Waals surface area contributed by atoms with Crippen LogP contribution in [0.25, 0.3) is 0 Å². The molecule has 1 aromatic carbocycles. The fraction of sp³-hybridized carbons (Fsp3) is 0.143. The van der Waals surface area contributed by atoms with E-state index in [4.69, 9.17) is 4.42 Å². The molecule has 0 aliphatic rings. The Hall–Kier alpha value is -3.16. The van der Waals surface area contributed by atoms with Gasteiger partial charge in [0.2, 0.25) is 5.91 Å². The van der Waals surface area contributed by atoms with Crippen molar-refractivity contribution in [2.24, 2.45) is 0 Å². The van der Waals surface area contributed by atoms with E-state index in [9.17, 15) is 19.7 Å². The molecule has 0 saturated carbocycles. The van der Waals surface area contributed by atoms with Gasteiger partial charge >= 0.3 is 5.88 Å². The van der Waals surface area contributed by atoms with E-state index in [1.807, 2.05) is 6.07 Å². The Balaban J connectivity index is 1.95. The smallest absolute Gasteiger partial charge is 0.395 e. The predicted octanol–water partition coefficient (Wildman–Crippen LogP) is 1.94. The van der Waals surface area contributed by atoms with E-state index in [0.29, 0.717) is 5.69 Å². The van der Waals surface area contributed by atoms with Gasteiger partial charge in [-0.2, -0.15) is 0 Å². The first-order valence-electron chi connectivity index (χ1n) is 6.38. The minimum absolute atomic E-state index is 0.230. The average molecular weight is 303 g/mol. The van der Waals surface area contributed by atoms with Crippen molar-refractivity contribution >= 4 is 23.4 Å². The molecule has 0 fully saturated rings. The van der Waals surface area contributed by atoms with Gasteiger partial charge in [-0.05, 0) is 25.1 Å². The number of nitro groups is 1. The van der Waals surface area contributed by atoms with Gasteiger partial charge in [0.15, 0.2) is 5.76 Å². The highest BCUT2D eigenvalue weighted by Gasteiger charge is 2.21. The van der Waals surface area contributed by atoms with Crippen LogP contribution >= 0.6 is 0 Å². The second-order valence-corrected chi connectivity index (χ2v) is 4.45. The van der Waals surface area contributed by atoms with Crippen LogP contribution in [0.15, 0.2) is 46.9 Å². The minimum Gasteiger partial charge on any atom is -0.395 e. The van der Waals surface area contributed by atoms with Crippen LogP contribution in [0.3, 0.4) is 0 Å². The fourth-order valence-corrected chi connectivity index (χ4v) is 1.65. The molecule has 0 radical (unpaired) electrons. The van der Waals surface area contributed by atoms with E-state index >= 15 is 0 Å². The molecular formula is C14H13N3O5. The van der Waals surface area contributed by atoms with E-state index in [0.717, 1.165) is 6.07 Å². The molecule has 114 valence electrons. The van der Waals surface area contributed by atoms with Crippen molar-refractivity contribution in [2.45, 2.75) is 13.0 Å². The van der Waals surface area contributed by atoms with Crippen LogP contribution < -0.4 is 10.6 Å². The van der Waals surface area contributed by atoms with Crippen molar-refractivity contribution in [1.29, 1.82) is 0 Å². The SMILES string of the molecule is CC(NC(=O)c1ccc([N+](=O)[O-])o1)C(=O)Nc1ccccc1. The fourth-order valence-electron chi connectivity index (χ4n) is 1.65. The lowest BCUT2D eigenvalue weighted by atomic mass is 10.2. The number of para-hydroxylation sites is 1.